The number of ether oxygens (including phenoxy) is 1. The first kappa shape index (κ1) is 16.6. The Kier molecular flexibility index (Phi) is 5.21. The lowest BCUT2D eigenvalue weighted by atomic mass is 9.91. The highest BCUT2D eigenvalue weighted by molar-refractivity contribution is 5.83. The number of para-hydroxylation sites is 1. The van der Waals surface area contributed by atoms with Gasteiger partial charge in [-0.15, -0.1) is 0 Å². The summed E-state index contributed by atoms with van der Waals surface area (Å²) in [7, 11) is 0. The van der Waals surface area contributed by atoms with E-state index in [1.165, 1.54) is 22.0 Å². The highest BCUT2D eigenvalue weighted by Gasteiger charge is 2.15. The molecule has 3 N–H and O–H groups in total. The van der Waals surface area contributed by atoms with Crippen LogP contribution in [0.4, 0.5) is 0 Å². The van der Waals surface area contributed by atoms with Crippen LogP contribution in [-0.2, 0) is 6.42 Å². The predicted molar refractivity (Wildman–Crippen MR) is 101 cm³/mol. The van der Waals surface area contributed by atoms with Crippen molar-refractivity contribution in [3.05, 3.63) is 65.9 Å². The first-order chi connectivity index (χ1) is 11.7. The minimum absolute atomic E-state index is 0.293. The topological polar surface area (TPSA) is 51.0 Å². The Hall–Kier alpha value is -2.26. The van der Waals surface area contributed by atoms with Crippen molar-refractivity contribution in [2.75, 3.05) is 13.2 Å². The molecular weight excluding hydrogens is 296 g/mol. The zero-order valence-electron chi connectivity index (χ0n) is 14.5. The number of H-pyrrole nitrogens is 1. The van der Waals surface area contributed by atoms with Crippen molar-refractivity contribution in [2.45, 2.75) is 26.2 Å². The molecular formula is C21H26N2O. The van der Waals surface area contributed by atoms with Crippen LogP contribution in [0.25, 0.3) is 10.9 Å². The summed E-state index contributed by atoms with van der Waals surface area (Å²) in [5.74, 6) is 1.76. The molecule has 24 heavy (non-hydrogen) atoms. The van der Waals surface area contributed by atoms with E-state index in [1.807, 2.05) is 6.07 Å². The van der Waals surface area contributed by atoms with Gasteiger partial charge in [-0.1, -0.05) is 44.2 Å². The number of aromatic nitrogens is 1. The molecule has 1 heterocycles. The summed E-state index contributed by atoms with van der Waals surface area (Å²) < 4.78 is 5.85. The minimum Gasteiger partial charge on any atom is -0.493 e. The smallest absolute Gasteiger partial charge is 0.119 e. The van der Waals surface area contributed by atoms with E-state index in [0.717, 1.165) is 18.8 Å². The maximum atomic E-state index is 6.09. The number of hydrogen-bond donors (Lipinski definition) is 2. The second kappa shape index (κ2) is 7.54. The van der Waals surface area contributed by atoms with Gasteiger partial charge >= 0.3 is 0 Å². The van der Waals surface area contributed by atoms with Gasteiger partial charge in [-0.25, -0.2) is 0 Å². The Balaban J connectivity index is 1.79. The standard InChI is InChI=1S/C21H26N2O/c1-15(2)14-24-18-7-5-6-16(11-18)10-17(12-22)20-13-23-21-9-4-3-8-19(20)21/h3-9,11,13,15,17,23H,10,12,14,22H2,1-2H3. The van der Waals surface area contributed by atoms with Crippen LogP contribution in [0.1, 0.15) is 30.9 Å². The summed E-state index contributed by atoms with van der Waals surface area (Å²) in [5, 5.41) is 1.26. The summed E-state index contributed by atoms with van der Waals surface area (Å²) in [5.41, 5.74) is 9.82. The van der Waals surface area contributed by atoms with E-state index >= 15 is 0 Å². The Morgan fingerprint density at radius 1 is 1.08 bits per heavy atom. The molecule has 0 radical (unpaired) electrons. The van der Waals surface area contributed by atoms with Gasteiger partial charge in [-0.2, -0.15) is 0 Å². The second-order valence-corrected chi connectivity index (χ2v) is 6.78. The number of fused-ring (bicyclic) bond motifs is 1. The number of benzene rings is 2. The second-order valence-electron chi connectivity index (χ2n) is 6.78. The van der Waals surface area contributed by atoms with Crippen molar-refractivity contribution in [1.29, 1.82) is 0 Å². The molecule has 0 aliphatic heterocycles. The fraction of sp³-hybridized carbons (Fsp3) is 0.333. The Bertz CT molecular complexity index is 791. The molecule has 0 saturated carbocycles. The van der Waals surface area contributed by atoms with Crippen LogP contribution in [0.3, 0.4) is 0 Å². The first-order valence-electron chi connectivity index (χ1n) is 8.65. The van der Waals surface area contributed by atoms with Gasteiger partial charge < -0.3 is 15.5 Å². The van der Waals surface area contributed by atoms with E-state index in [4.69, 9.17) is 10.5 Å². The average molecular weight is 322 g/mol. The molecule has 2 aromatic carbocycles. The van der Waals surface area contributed by atoms with Crippen LogP contribution < -0.4 is 10.5 Å². The molecule has 0 aliphatic carbocycles. The quantitative estimate of drug-likeness (QED) is 0.673. The molecule has 1 aromatic heterocycles. The number of rotatable bonds is 7. The van der Waals surface area contributed by atoms with Crippen LogP contribution in [0, 0.1) is 5.92 Å². The fourth-order valence-corrected chi connectivity index (χ4v) is 3.06. The molecule has 3 rings (SSSR count). The third-order valence-electron chi connectivity index (χ3n) is 4.31. The number of nitrogens with two attached hydrogens (primary N) is 1. The lowest BCUT2D eigenvalue weighted by Crippen LogP contribution is -2.15. The average Bonchev–Trinajstić information content (AvgIpc) is 3.02. The van der Waals surface area contributed by atoms with E-state index < -0.39 is 0 Å². The van der Waals surface area contributed by atoms with Crippen LogP contribution in [0.15, 0.2) is 54.7 Å². The van der Waals surface area contributed by atoms with Gasteiger partial charge in [0.05, 0.1) is 6.61 Å². The zero-order chi connectivity index (χ0) is 16.9. The molecule has 3 heteroatoms. The summed E-state index contributed by atoms with van der Waals surface area (Å²) in [6.45, 7) is 5.68. The zero-order valence-corrected chi connectivity index (χ0v) is 14.5. The molecule has 0 fully saturated rings. The van der Waals surface area contributed by atoms with Gasteiger partial charge in [0.25, 0.3) is 0 Å². The van der Waals surface area contributed by atoms with E-state index in [9.17, 15) is 0 Å². The third-order valence-corrected chi connectivity index (χ3v) is 4.31. The van der Waals surface area contributed by atoms with Gasteiger partial charge in [0, 0.05) is 23.0 Å². The third kappa shape index (κ3) is 3.80. The summed E-state index contributed by atoms with van der Waals surface area (Å²) in [4.78, 5) is 3.35. The van der Waals surface area contributed by atoms with Gasteiger partial charge in [0.15, 0.2) is 0 Å². The molecule has 0 amide bonds. The number of hydrogen-bond acceptors (Lipinski definition) is 2. The van der Waals surface area contributed by atoms with Crippen LogP contribution in [0.2, 0.25) is 0 Å². The molecule has 3 nitrogen and oxygen atoms in total. The molecule has 1 unspecified atom stereocenters. The van der Waals surface area contributed by atoms with Gasteiger partial charge in [0.2, 0.25) is 0 Å². The van der Waals surface area contributed by atoms with Gasteiger partial charge in [0.1, 0.15) is 5.75 Å². The normalized spacial score (nSPS) is 12.7. The van der Waals surface area contributed by atoms with Crippen molar-refractivity contribution < 1.29 is 4.74 Å². The minimum atomic E-state index is 0.293. The molecule has 3 aromatic rings. The molecule has 0 saturated heterocycles. The molecule has 0 spiro atoms. The highest BCUT2D eigenvalue weighted by Crippen LogP contribution is 2.28. The predicted octanol–water partition coefficient (Wildman–Crippen LogP) is 4.49. The van der Waals surface area contributed by atoms with Crippen molar-refractivity contribution in [3.8, 4) is 5.75 Å². The van der Waals surface area contributed by atoms with E-state index in [1.54, 1.807) is 0 Å². The first-order valence-corrected chi connectivity index (χ1v) is 8.65. The maximum Gasteiger partial charge on any atom is 0.119 e. The van der Waals surface area contributed by atoms with E-state index in [-0.39, 0.29) is 0 Å². The molecule has 126 valence electrons. The van der Waals surface area contributed by atoms with Crippen molar-refractivity contribution in [2.24, 2.45) is 11.7 Å². The largest absolute Gasteiger partial charge is 0.493 e. The summed E-state index contributed by atoms with van der Waals surface area (Å²) in [6.07, 6.45) is 3.01. The SMILES string of the molecule is CC(C)COc1cccc(CC(CN)c2c[nH]c3ccccc23)c1. The van der Waals surface area contributed by atoms with E-state index in [0.29, 0.717) is 18.4 Å². The monoisotopic (exact) mass is 322 g/mol. The van der Waals surface area contributed by atoms with Crippen molar-refractivity contribution in [3.63, 3.8) is 0 Å². The Morgan fingerprint density at radius 2 is 1.92 bits per heavy atom. The van der Waals surface area contributed by atoms with Crippen molar-refractivity contribution >= 4 is 10.9 Å². The lowest BCUT2D eigenvalue weighted by Gasteiger charge is -2.16. The Morgan fingerprint density at radius 3 is 2.71 bits per heavy atom. The fourth-order valence-electron chi connectivity index (χ4n) is 3.06. The van der Waals surface area contributed by atoms with Crippen LogP contribution in [0.5, 0.6) is 5.75 Å². The molecule has 0 aliphatic rings. The summed E-state index contributed by atoms with van der Waals surface area (Å²) in [6, 6.07) is 16.8. The summed E-state index contributed by atoms with van der Waals surface area (Å²) >= 11 is 0. The van der Waals surface area contributed by atoms with Crippen molar-refractivity contribution in [1.82, 2.24) is 4.98 Å². The number of aromatic amines is 1. The highest BCUT2D eigenvalue weighted by atomic mass is 16.5. The lowest BCUT2D eigenvalue weighted by molar-refractivity contribution is 0.271. The van der Waals surface area contributed by atoms with Crippen LogP contribution in [-0.4, -0.2) is 18.1 Å². The maximum absolute atomic E-state index is 6.09. The van der Waals surface area contributed by atoms with Gasteiger partial charge in [-0.3, -0.25) is 0 Å². The Labute approximate surface area is 143 Å². The van der Waals surface area contributed by atoms with E-state index in [2.05, 4.69) is 67.5 Å². The number of nitrogens with one attached hydrogen (secondary N) is 1. The molecule has 0 bridgehead atoms. The van der Waals surface area contributed by atoms with Gasteiger partial charge in [-0.05, 0) is 48.2 Å². The van der Waals surface area contributed by atoms with Crippen LogP contribution >= 0.6 is 0 Å². The molecule has 1 atom stereocenters.